The minimum absolute atomic E-state index is 0.886. The molecule has 0 saturated carbocycles. The fourth-order valence-corrected chi connectivity index (χ4v) is 7.83. The molecule has 0 spiro atoms. The Hall–Kier alpha value is -5.81. The molecule has 230 valence electrons. The number of aliphatic imine (C=N–C) groups is 1. The first-order valence-electron chi connectivity index (χ1n) is 17.0. The van der Waals surface area contributed by atoms with Gasteiger partial charge in [0.15, 0.2) is 0 Å². The molecule has 4 heterocycles. The first kappa shape index (κ1) is 27.3. The van der Waals surface area contributed by atoms with Crippen molar-refractivity contribution in [1.82, 2.24) is 14.9 Å². The number of pyridine rings is 2. The summed E-state index contributed by atoms with van der Waals surface area (Å²) in [6.07, 6.45) is 2.23. The van der Waals surface area contributed by atoms with E-state index in [0.29, 0.717) is 0 Å². The number of hydrogen-bond acceptors (Lipinski definition) is 5. The molecule has 0 atom stereocenters. The molecule has 1 fully saturated rings. The zero-order chi connectivity index (χ0) is 31.6. The molecule has 1 saturated heterocycles. The average molecular weight is 620 g/mol. The zero-order valence-corrected chi connectivity index (χ0v) is 26.6. The molecule has 5 heteroatoms. The smallest absolute Gasteiger partial charge is 0.202 e. The molecule has 0 bridgehead atoms. The van der Waals surface area contributed by atoms with Crippen molar-refractivity contribution in [3.05, 3.63) is 127 Å². The van der Waals surface area contributed by atoms with Gasteiger partial charge in [-0.1, -0.05) is 103 Å². The van der Waals surface area contributed by atoms with Crippen molar-refractivity contribution >= 4 is 65.9 Å². The molecule has 2 aromatic heterocycles. The normalized spacial score (nSPS) is 15.0. The van der Waals surface area contributed by atoms with Gasteiger partial charge >= 0.3 is 0 Å². The van der Waals surface area contributed by atoms with Crippen molar-refractivity contribution in [2.75, 3.05) is 31.1 Å². The molecule has 2 aliphatic heterocycles. The van der Waals surface area contributed by atoms with E-state index in [9.17, 15) is 0 Å². The highest BCUT2D eigenvalue weighted by Crippen LogP contribution is 2.37. The first-order chi connectivity index (χ1) is 23.8. The van der Waals surface area contributed by atoms with Gasteiger partial charge < -0.3 is 4.90 Å². The standard InChI is InChI=1S/C43H33N5/c1-2-9-35-33(7-1)34-8-3-4-10-36(34)38-27-32(17-20-37(35)38)28-11-13-29(14-12-28)39-21-18-30-15-16-31-19-22-40(46-42(31)41(30)45-39)48-26-6-25-47-24-5-23-44-43(47)48/h1-4,7-22,27H,5-6,23-26H2. The van der Waals surface area contributed by atoms with Gasteiger partial charge in [0.2, 0.25) is 5.96 Å². The maximum absolute atomic E-state index is 5.23. The number of rotatable bonds is 3. The van der Waals surface area contributed by atoms with Gasteiger partial charge in [-0.15, -0.1) is 0 Å². The Morgan fingerprint density at radius 3 is 1.79 bits per heavy atom. The van der Waals surface area contributed by atoms with E-state index in [0.717, 1.165) is 83.9 Å². The lowest BCUT2D eigenvalue weighted by atomic mass is 9.92. The third kappa shape index (κ3) is 4.34. The quantitative estimate of drug-likeness (QED) is 0.185. The summed E-state index contributed by atoms with van der Waals surface area (Å²) >= 11 is 0. The lowest BCUT2D eigenvalue weighted by molar-refractivity contribution is 0.359. The van der Waals surface area contributed by atoms with E-state index >= 15 is 0 Å². The predicted octanol–water partition coefficient (Wildman–Crippen LogP) is 9.85. The fraction of sp³-hybridized carbons (Fsp3) is 0.140. The van der Waals surface area contributed by atoms with E-state index in [1.165, 1.54) is 43.4 Å². The van der Waals surface area contributed by atoms with Crippen LogP contribution in [0.1, 0.15) is 12.8 Å². The van der Waals surface area contributed by atoms with Crippen LogP contribution in [0, 0.1) is 0 Å². The SMILES string of the molecule is c1ccc2c(c1)c1ccccc1c1cc(-c3ccc(-c4ccc5ccc6ccc(N7CCCN8CCCN=C87)nc6c5n4)cc3)ccc21. The predicted molar refractivity (Wildman–Crippen MR) is 201 cm³/mol. The highest BCUT2D eigenvalue weighted by Gasteiger charge is 2.27. The van der Waals surface area contributed by atoms with Crippen LogP contribution in [0.25, 0.3) is 76.5 Å². The molecular formula is C43H33N5. The van der Waals surface area contributed by atoms with Gasteiger partial charge in [-0.05, 0) is 80.6 Å². The number of fused-ring (bicyclic) bond motifs is 10. The average Bonchev–Trinajstić information content (AvgIpc) is 3.17. The van der Waals surface area contributed by atoms with Gasteiger partial charge in [0.25, 0.3) is 0 Å². The van der Waals surface area contributed by atoms with E-state index in [4.69, 9.17) is 15.0 Å². The molecule has 6 aromatic carbocycles. The summed E-state index contributed by atoms with van der Waals surface area (Å²) in [6.45, 7) is 3.97. The fourth-order valence-electron chi connectivity index (χ4n) is 7.83. The summed E-state index contributed by atoms with van der Waals surface area (Å²) < 4.78 is 0. The summed E-state index contributed by atoms with van der Waals surface area (Å²) in [5.41, 5.74) is 6.32. The molecular weight excluding hydrogens is 587 g/mol. The van der Waals surface area contributed by atoms with Gasteiger partial charge in [-0.2, -0.15) is 0 Å². The van der Waals surface area contributed by atoms with E-state index in [-0.39, 0.29) is 0 Å². The third-order valence-corrected chi connectivity index (χ3v) is 10.2. The van der Waals surface area contributed by atoms with Gasteiger partial charge in [-0.25, -0.2) is 9.97 Å². The van der Waals surface area contributed by atoms with E-state index in [1.807, 2.05) is 0 Å². The maximum atomic E-state index is 5.23. The summed E-state index contributed by atoms with van der Waals surface area (Å²) in [6, 6.07) is 46.1. The van der Waals surface area contributed by atoms with Crippen LogP contribution in [0.4, 0.5) is 5.82 Å². The van der Waals surface area contributed by atoms with Crippen LogP contribution in [0.2, 0.25) is 0 Å². The Morgan fingerprint density at radius 2 is 1.04 bits per heavy atom. The Bertz CT molecular complexity index is 2550. The van der Waals surface area contributed by atoms with Crippen LogP contribution in [0.3, 0.4) is 0 Å². The van der Waals surface area contributed by atoms with Crippen LogP contribution < -0.4 is 4.90 Å². The van der Waals surface area contributed by atoms with Crippen LogP contribution >= 0.6 is 0 Å². The Labute approximate surface area is 278 Å². The molecule has 8 aromatic rings. The van der Waals surface area contributed by atoms with Crippen LogP contribution in [-0.2, 0) is 0 Å². The van der Waals surface area contributed by atoms with Gasteiger partial charge in [0.05, 0.1) is 16.7 Å². The highest BCUT2D eigenvalue weighted by molar-refractivity contribution is 6.25. The number of aromatic nitrogens is 2. The number of guanidine groups is 1. The van der Waals surface area contributed by atoms with Crippen LogP contribution in [-0.4, -0.2) is 47.0 Å². The Balaban J connectivity index is 1.03. The van der Waals surface area contributed by atoms with Crippen molar-refractivity contribution in [2.45, 2.75) is 12.8 Å². The van der Waals surface area contributed by atoms with Crippen molar-refractivity contribution in [2.24, 2.45) is 4.99 Å². The van der Waals surface area contributed by atoms with E-state index in [1.54, 1.807) is 0 Å². The molecule has 0 unspecified atom stereocenters. The molecule has 2 aliphatic rings. The number of nitrogens with zero attached hydrogens (tertiary/aromatic N) is 5. The number of anilines is 1. The minimum Gasteiger partial charge on any atom is -0.342 e. The summed E-state index contributed by atoms with van der Waals surface area (Å²) in [5.74, 6) is 2.02. The summed E-state index contributed by atoms with van der Waals surface area (Å²) in [7, 11) is 0. The lowest BCUT2D eigenvalue weighted by Crippen LogP contribution is -2.52. The van der Waals surface area contributed by atoms with Crippen LogP contribution in [0.5, 0.6) is 0 Å². The van der Waals surface area contributed by atoms with Crippen molar-refractivity contribution in [3.63, 3.8) is 0 Å². The molecule has 0 aliphatic carbocycles. The summed E-state index contributed by atoms with van der Waals surface area (Å²) in [5, 5.41) is 9.96. The second-order valence-corrected chi connectivity index (χ2v) is 13.0. The van der Waals surface area contributed by atoms with Crippen molar-refractivity contribution in [1.29, 1.82) is 0 Å². The number of hydrogen-bond donors (Lipinski definition) is 0. The molecule has 0 radical (unpaired) electrons. The molecule has 0 amide bonds. The number of benzene rings is 6. The van der Waals surface area contributed by atoms with Crippen molar-refractivity contribution < 1.29 is 0 Å². The van der Waals surface area contributed by atoms with E-state index in [2.05, 4.69) is 137 Å². The second-order valence-electron chi connectivity index (χ2n) is 13.0. The lowest BCUT2D eigenvalue weighted by Gasteiger charge is -2.40. The van der Waals surface area contributed by atoms with Gasteiger partial charge in [0.1, 0.15) is 5.82 Å². The third-order valence-electron chi connectivity index (χ3n) is 10.2. The molecule has 10 rings (SSSR count). The van der Waals surface area contributed by atoms with Crippen LogP contribution in [0.15, 0.2) is 132 Å². The van der Waals surface area contributed by atoms with Gasteiger partial charge in [0, 0.05) is 42.5 Å². The first-order valence-corrected chi connectivity index (χ1v) is 17.0. The largest absolute Gasteiger partial charge is 0.342 e. The highest BCUT2D eigenvalue weighted by atomic mass is 15.4. The molecule has 0 N–H and O–H groups in total. The molecule has 48 heavy (non-hydrogen) atoms. The zero-order valence-electron chi connectivity index (χ0n) is 26.6. The maximum Gasteiger partial charge on any atom is 0.202 e. The summed E-state index contributed by atoms with van der Waals surface area (Å²) in [4.78, 5) is 20.0. The topological polar surface area (TPSA) is 44.6 Å². The van der Waals surface area contributed by atoms with E-state index < -0.39 is 0 Å². The monoisotopic (exact) mass is 619 g/mol. The Morgan fingerprint density at radius 1 is 0.458 bits per heavy atom. The second kappa shape index (κ2) is 10.9. The minimum atomic E-state index is 0.886. The van der Waals surface area contributed by atoms with Crippen molar-refractivity contribution in [3.8, 4) is 22.4 Å². The molecule has 5 nitrogen and oxygen atoms in total. The van der Waals surface area contributed by atoms with Gasteiger partial charge in [-0.3, -0.25) is 9.89 Å². The Kier molecular flexibility index (Phi) is 6.19.